The number of hydrogen-bond acceptors (Lipinski definition) is 6. The first-order valence-electron chi connectivity index (χ1n) is 12.1. The Bertz CT molecular complexity index is 1580. The van der Waals surface area contributed by atoms with Crippen LogP contribution >= 0.6 is 0 Å². The van der Waals surface area contributed by atoms with Crippen LogP contribution in [0.1, 0.15) is 17.4 Å². The van der Waals surface area contributed by atoms with Gasteiger partial charge in [0.15, 0.2) is 17.9 Å². The van der Waals surface area contributed by atoms with E-state index in [9.17, 15) is 27.2 Å². The molecule has 1 atom stereocenters. The Balaban J connectivity index is 1.45. The van der Waals surface area contributed by atoms with Crippen molar-refractivity contribution in [2.75, 3.05) is 19.7 Å². The predicted octanol–water partition coefficient (Wildman–Crippen LogP) is 4.06. The molecule has 2 heterocycles. The summed E-state index contributed by atoms with van der Waals surface area (Å²) >= 11 is 0. The lowest BCUT2D eigenvalue weighted by Crippen LogP contribution is -2.31. The molecule has 4 aromatic rings. The van der Waals surface area contributed by atoms with Crippen molar-refractivity contribution >= 4 is 11.9 Å². The third kappa shape index (κ3) is 5.58. The van der Waals surface area contributed by atoms with Crippen molar-refractivity contribution in [3.8, 4) is 22.7 Å². The van der Waals surface area contributed by atoms with Crippen LogP contribution in [0.2, 0.25) is 0 Å². The summed E-state index contributed by atoms with van der Waals surface area (Å²) in [5.74, 6) is -4.26. The zero-order valence-electron chi connectivity index (χ0n) is 20.8. The van der Waals surface area contributed by atoms with Crippen LogP contribution in [0.15, 0.2) is 66.9 Å². The number of nitrogens with zero attached hydrogens (tertiary/aromatic N) is 3. The van der Waals surface area contributed by atoms with Gasteiger partial charge in [0.2, 0.25) is 0 Å². The highest BCUT2D eigenvalue weighted by atomic mass is 19.2. The van der Waals surface area contributed by atoms with E-state index in [2.05, 4.69) is 5.10 Å². The van der Waals surface area contributed by atoms with Crippen molar-refractivity contribution in [1.29, 1.82) is 0 Å². The molecule has 206 valence electrons. The molecule has 1 amide bonds. The third-order valence-electron chi connectivity index (χ3n) is 6.31. The van der Waals surface area contributed by atoms with Gasteiger partial charge in [0.05, 0.1) is 12.2 Å². The lowest BCUT2D eigenvalue weighted by atomic mass is 10.1. The SMILES string of the molecule is NCC(=O)Oc1ccc(CCN2C(=O)COC2c2cn(-c3ccc(F)c(F)c3)nc2-c2ccc(F)cc2)c(F)c1. The Kier molecular flexibility index (Phi) is 7.63. The van der Waals surface area contributed by atoms with Crippen molar-refractivity contribution in [1.82, 2.24) is 14.7 Å². The molecule has 0 bridgehead atoms. The van der Waals surface area contributed by atoms with Gasteiger partial charge in [0, 0.05) is 36.0 Å². The number of carbonyl (C=O) groups excluding carboxylic acids is 2. The summed E-state index contributed by atoms with van der Waals surface area (Å²) in [6, 6.07) is 12.6. The number of aromatic nitrogens is 2. The van der Waals surface area contributed by atoms with E-state index in [-0.39, 0.29) is 49.0 Å². The van der Waals surface area contributed by atoms with Crippen LogP contribution in [0.3, 0.4) is 0 Å². The van der Waals surface area contributed by atoms with Gasteiger partial charge < -0.3 is 20.1 Å². The fourth-order valence-electron chi connectivity index (χ4n) is 4.32. The second-order valence-electron chi connectivity index (χ2n) is 8.91. The van der Waals surface area contributed by atoms with Crippen LogP contribution in [0, 0.1) is 23.3 Å². The number of nitrogens with two attached hydrogens (primary N) is 1. The molecule has 0 spiro atoms. The molecule has 0 saturated carbocycles. The molecule has 1 unspecified atom stereocenters. The molecule has 1 aliphatic heterocycles. The first-order valence-corrected chi connectivity index (χ1v) is 12.1. The highest BCUT2D eigenvalue weighted by Crippen LogP contribution is 2.35. The summed E-state index contributed by atoms with van der Waals surface area (Å²) in [5.41, 5.74) is 6.91. The number of halogens is 4. The zero-order valence-corrected chi connectivity index (χ0v) is 20.8. The van der Waals surface area contributed by atoms with E-state index in [1.54, 1.807) is 0 Å². The fraction of sp³-hybridized carbons (Fsp3) is 0.179. The summed E-state index contributed by atoms with van der Waals surface area (Å²) in [4.78, 5) is 25.6. The van der Waals surface area contributed by atoms with Crippen LogP contribution < -0.4 is 10.5 Å². The second-order valence-corrected chi connectivity index (χ2v) is 8.91. The van der Waals surface area contributed by atoms with E-state index < -0.39 is 35.5 Å². The largest absolute Gasteiger partial charge is 0.425 e. The van der Waals surface area contributed by atoms with Crippen molar-refractivity contribution in [3.63, 3.8) is 0 Å². The minimum Gasteiger partial charge on any atom is -0.425 e. The standard InChI is InChI=1S/C28H22F4N4O4/c29-18-4-1-17(2-5-18)27-21(14-36(34-27)19-6-8-22(30)24(32)11-19)28-35(25(37)15-39-28)10-9-16-3-7-20(12-23(16)31)40-26(38)13-33/h1-8,11-12,14,28H,9-10,13,15,33H2. The monoisotopic (exact) mass is 554 g/mol. The summed E-state index contributed by atoms with van der Waals surface area (Å²) in [7, 11) is 0. The van der Waals surface area contributed by atoms with Gasteiger partial charge in [0.1, 0.15) is 29.7 Å². The lowest BCUT2D eigenvalue weighted by molar-refractivity contribution is -0.132. The van der Waals surface area contributed by atoms with Crippen molar-refractivity contribution in [2.24, 2.45) is 5.73 Å². The molecular formula is C28H22F4N4O4. The molecule has 1 saturated heterocycles. The Hall–Kier alpha value is -4.55. The van der Waals surface area contributed by atoms with Gasteiger partial charge in [-0.05, 0) is 54.4 Å². The van der Waals surface area contributed by atoms with Crippen LogP contribution in [-0.2, 0) is 20.7 Å². The van der Waals surface area contributed by atoms with Crippen LogP contribution in [0.25, 0.3) is 16.9 Å². The topological polar surface area (TPSA) is 99.7 Å². The number of rotatable bonds is 8. The second kappa shape index (κ2) is 11.3. The highest BCUT2D eigenvalue weighted by Gasteiger charge is 2.36. The Morgan fingerprint density at radius 3 is 2.48 bits per heavy atom. The summed E-state index contributed by atoms with van der Waals surface area (Å²) in [6.45, 7) is -0.545. The zero-order chi connectivity index (χ0) is 28.4. The highest BCUT2D eigenvalue weighted by molar-refractivity contribution is 5.80. The smallest absolute Gasteiger partial charge is 0.325 e. The van der Waals surface area contributed by atoms with Crippen molar-refractivity contribution in [2.45, 2.75) is 12.6 Å². The van der Waals surface area contributed by atoms with Gasteiger partial charge in [-0.1, -0.05) is 6.07 Å². The van der Waals surface area contributed by atoms with E-state index in [1.807, 2.05) is 0 Å². The van der Waals surface area contributed by atoms with Crippen LogP contribution in [0.5, 0.6) is 5.75 Å². The molecule has 0 radical (unpaired) electrons. The number of carbonyl (C=O) groups is 2. The van der Waals surface area contributed by atoms with Gasteiger partial charge in [-0.2, -0.15) is 5.10 Å². The average Bonchev–Trinajstić information content (AvgIpc) is 3.53. The Labute approximate surface area is 225 Å². The summed E-state index contributed by atoms with van der Waals surface area (Å²) < 4.78 is 67.8. The van der Waals surface area contributed by atoms with Crippen LogP contribution in [-0.4, -0.2) is 46.3 Å². The first-order chi connectivity index (χ1) is 19.2. The summed E-state index contributed by atoms with van der Waals surface area (Å²) in [5, 5.41) is 4.50. The lowest BCUT2D eigenvalue weighted by Gasteiger charge is -2.23. The van der Waals surface area contributed by atoms with Crippen LogP contribution in [0.4, 0.5) is 17.6 Å². The Morgan fingerprint density at radius 2 is 1.77 bits per heavy atom. The van der Waals surface area contributed by atoms with Crippen molar-refractivity contribution in [3.05, 3.63) is 101 Å². The summed E-state index contributed by atoms with van der Waals surface area (Å²) in [6.07, 6.45) is 0.675. The minimum absolute atomic E-state index is 0.00347. The van der Waals surface area contributed by atoms with E-state index >= 15 is 0 Å². The molecule has 40 heavy (non-hydrogen) atoms. The molecule has 2 N–H and O–H groups in total. The Morgan fingerprint density at radius 1 is 1.00 bits per heavy atom. The molecule has 8 nitrogen and oxygen atoms in total. The quantitative estimate of drug-likeness (QED) is 0.200. The number of esters is 1. The number of benzene rings is 3. The molecule has 3 aromatic carbocycles. The van der Waals surface area contributed by atoms with E-state index in [0.717, 1.165) is 18.2 Å². The van der Waals surface area contributed by atoms with Gasteiger partial charge in [-0.25, -0.2) is 22.2 Å². The number of amides is 1. The third-order valence-corrected chi connectivity index (χ3v) is 6.31. The maximum absolute atomic E-state index is 14.7. The molecule has 5 rings (SSSR count). The van der Waals surface area contributed by atoms with Gasteiger partial charge in [-0.15, -0.1) is 0 Å². The van der Waals surface area contributed by atoms with E-state index in [4.69, 9.17) is 15.2 Å². The predicted molar refractivity (Wildman–Crippen MR) is 134 cm³/mol. The molecule has 0 aliphatic carbocycles. The molecule has 1 aromatic heterocycles. The van der Waals surface area contributed by atoms with E-state index in [1.165, 1.54) is 58.2 Å². The van der Waals surface area contributed by atoms with Crippen molar-refractivity contribution < 1.29 is 36.6 Å². The molecule has 12 heteroatoms. The first kappa shape index (κ1) is 27.0. The van der Waals surface area contributed by atoms with Gasteiger partial charge in [-0.3, -0.25) is 9.59 Å². The number of ether oxygens (including phenoxy) is 2. The number of hydrogen-bond donors (Lipinski definition) is 1. The average molecular weight is 555 g/mol. The molecule has 1 aliphatic rings. The fourth-order valence-corrected chi connectivity index (χ4v) is 4.32. The maximum atomic E-state index is 14.7. The van der Waals surface area contributed by atoms with Gasteiger partial charge in [0.25, 0.3) is 5.91 Å². The normalized spacial score (nSPS) is 15.1. The minimum atomic E-state index is -1.07. The maximum Gasteiger partial charge on any atom is 0.325 e. The molecular weight excluding hydrogens is 532 g/mol. The molecule has 1 fully saturated rings. The van der Waals surface area contributed by atoms with E-state index in [0.29, 0.717) is 16.8 Å². The van der Waals surface area contributed by atoms with Gasteiger partial charge >= 0.3 is 5.97 Å².